The topological polar surface area (TPSA) is 77.7 Å². The molecule has 3 aromatic rings. The zero-order valence-corrected chi connectivity index (χ0v) is 14.6. The predicted molar refractivity (Wildman–Crippen MR) is 97.7 cm³/mol. The molecule has 1 aliphatic heterocycles. The van der Waals surface area contributed by atoms with Crippen LogP contribution in [-0.2, 0) is 0 Å². The number of benzene rings is 1. The molecule has 6 nitrogen and oxygen atoms in total. The average Bonchev–Trinajstić information content (AvgIpc) is 3.08. The van der Waals surface area contributed by atoms with E-state index >= 15 is 0 Å². The van der Waals surface area contributed by atoms with Gasteiger partial charge in [-0.3, -0.25) is 14.8 Å². The van der Waals surface area contributed by atoms with Crippen LogP contribution in [0, 0.1) is 6.92 Å². The first-order valence-corrected chi connectivity index (χ1v) is 8.87. The highest BCUT2D eigenvalue weighted by atomic mass is 16.1. The number of rotatable bonds is 3. The lowest BCUT2D eigenvalue weighted by Crippen LogP contribution is -2.37. The molecule has 4 rings (SSSR count). The number of H-pyrrole nitrogens is 2. The number of aromatic nitrogens is 4. The van der Waals surface area contributed by atoms with E-state index in [1.54, 1.807) is 0 Å². The Bertz CT molecular complexity index is 944. The van der Waals surface area contributed by atoms with Crippen molar-refractivity contribution in [3.63, 3.8) is 0 Å². The van der Waals surface area contributed by atoms with E-state index < -0.39 is 0 Å². The van der Waals surface area contributed by atoms with Crippen LogP contribution in [0.2, 0.25) is 0 Å². The number of para-hydroxylation sites is 1. The average molecular weight is 337 g/mol. The molecule has 0 saturated carbocycles. The SMILES string of the molecule is Cc1cc(C2CCCN(C(C)c3nc4ccccc4c(=O)[nH]3)C2)n[nH]1. The normalized spacial score (nSPS) is 20.0. The molecule has 25 heavy (non-hydrogen) atoms. The Morgan fingerprint density at radius 1 is 1.32 bits per heavy atom. The zero-order chi connectivity index (χ0) is 17.4. The van der Waals surface area contributed by atoms with Gasteiger partial charge in [0.15, 0.2) is 0 Å². The molecule has 1 fully saturated rings. The van der Waals surface area contributed by atoms with Crippen LogP contribution in [0.3, 0.4) is 0 Å². The van der Waals surface area contributed by atoms with Gasteiger partial charge in [0, 0.05) is 18.2 Å². The van der Waals surface area contributed by atoms with Crippen molar-refractivity contribution in [2.45, 2.75) is 38.6 Å². The lowest BCUT2D eigenvalue weighted by atomic mass is 9.93. The van der Waals surface area contributed by atoms with Crippen LogP contribution < -0.4 is 5.56 Å². The van der Waals surface area contributed by atoms with E-state index in [1.807, 2.05) is 31.2 Å². The standard InChI is InChI=1S/C19H23N5O/c1-12-10-17(23-22-12)14-6-5-9-24(11-14)13(2)18-20-16-8-4-3-7-15(16)19(25)21-18/h3-4,7-8,10,13-14H,5-6,9,11H2,1-2H3,(H,22,23)(H,20,21,25). The van der Waals surface area contributed by atoms with Gasteiger partial charge in [-0.2, -0.15) is 5.10 Å². The van der Waals surface area contributed by atoms with Crippen LogP contribution in [0.15, 0.2) is 35.1 Å². The monoisotopic (exact) mass is 337 g/mol. The summed E-state index contributed by atoms with van der Waals surface area (Å²) in [6, 6.07) is 9.69. The van der Waals surface area contributed by atoms with Crippen molar-refractivity contribution in [1.82, 2.24) is 25.1 Å². The van der Waals surface area contributed by atoms with Crippen molar-refractivity contribution < 1.29 is 0 Å². The minimum absolute atomic E-state index is 0.0658. The van der Waals surface area contributed by atoms with Crippen LogP contribution >= 0.6 is 0 Å². The molecule has 0 radical (unpaired) electrons. The Kier molecular flexibility index (Phi) is 4.13. The molecule has 2 atom stereocenters. The summed E-state index contributed by atoms with van der Waals surface area (Å²) in [6.07, 6.45) is 2.27. The molecule has 2 unspecified atom stereocenters. The quantitative estimate of drug-likeness (QED) is 0.770. The molecule has 1 aliphatic rings. The summed E-state index contributed by atoms with van der Waals surface area (Å²) >= 11 is 0. The first kappa shape index (κ1) is 16.0. The van der Waals surface area contributed by atoms with Crippen LogP contribution in [0.1, 0.15) is 48.9 Å². The number of hydrogen-bond acceptors (Lipinski definition) is 4. The van der Waals surface area contributed by atoms with E-state index in [2.05, 4.69) is 33.1 Å². The lowest BCUT2D eigenvalue weighted by molar-refractivity contribution is 0.151. The second-order valence-electron chi connectivity index (χ2n) is 6.95. The van der Waals surface area contributed by atoms with Gasteiger partial charge in [-0.15, -0.1) is 0 Å². The number of piperidine rings is 1. The van der Waals surface area contributed by atoms with Crippen molar-refractivity contribution in [1.29, 1.82) is 0 Å². The number of nitrogens with zero attached hydrogens (tertiary/aromatic N) is 3. The van der Waals surface area contributed by atoms with Crippen LogP contribution in [-0.4, -0.2) is 38.2 Å². The van der Waals surface area contributed by atoms with Crippen molar-refractivity contribution >= 4 is 10.9 Å². The molecule has 3 heterocycles. The summed E-state index contributed by atoms with van der Waals surface area (Å²) in [6.45, 7) is 6.09. The number of nitrogens with one attached hydrogen (secondary N) is 2. The second kappa shape index (κ2) is 6.44. The van der Waals surface area contributed by atoms with Gasteiger partial charge in [-0.05, 0) is 51.4 Å². The van der Waals surface area contributed by atoms with Crippen molar-refractivity contribution in [3.8, 4) is 0 Å². The van der Waals surface area contributed by atoms with Gasteiger partial charge in [-0.25, -0.2) is 4.98 Å². The fourth-order valence-corrected chi connectivity index (χ4v) is 3.72. The molecular weight excluding hydrogens is 314 g/mol. The summed E-state index contributed by atoms with van der Waals surface area (Å²) in [4.78, 5) is 22.4. The maximum absolute atomic E-state index is 12.3. The Labute approximate surface area is 146 Å². The lowest BCUT2D eigenvalue weighted by Gasteiger charge is -2.35. The predicted octanol–water partition coefficient (Wildman–Crippen LogP) is 2.90. The summed E-state index contributed by atoms with van der Waals surface area (Å²) < 4.78 is 0. The Morgan fingerprint density at radius 2 is 2.16 bits per heavy atom. The fraction of sp³-hybridized carbons (Fsp3) is 0.421. The fourth-order valence-electron chi connectivity index (χ4n) is 3.72. The van der Waals surface area contributed by atoms with Gasteiger partial charge in [0.05, 0.1) is 22.6 Å². The number of hydrogen-bond donors (Lipinski definition) is 2. The van der Waals surface area contributed by atoms with Gasteiger partial charge in [-0.1, -0.05) is 12.1 Å². The maximum Gasteiger partial charge on any atom is 0.258 e. The number of fused-ring (bicyclic) bond motifs is 1. The van der Waals surface area contributed by atoms with E-state index in [0.29, 0.717) is 11.3 Å². The molecule has 0 amide bonds. The van der Waals surface area contributed by atoms with Crippen LogP contribution in [0.4, 0.5) is 0 Å². The van der Waals surface area contributed by atoms with Gasteiger partial charge in [0.25, 0.3) is 5.56 Å². The van der Waals surface area contributed by atoms with Gasteiger partial charge in [0.1, 0.15) is 5.82 Å². The smallest absolute Gasteiger partial charge is 0.258 e. The van der Waals surface area contributed by atoms with Gasteiger partial charge in [0.2, 0.25) is 0 Å². The molecule has 1 saturated heterocycles. The molecule has 1 aromatic carbocycles. The van der Waals surface area contributed by atoms with Crippen LogP contribution in [0.25, 0.3) is 10.9 Å². The molecule has 6 heteroatoms. The number of aromatic amines is 2. The zero-order valence-electron chi connectivity index (χ0n) is 14.6. The maximum atomic E-state index is 12.3. The van der Waals surface area contributed by atoms with Crippen LogP contribution in [0.5, 0.6) is 0 Å². The van der Waals surface area contributed by atoms with E-state index in [-0.39, 0.29) is 11.6 Å². The largest absolute Gasteiger partial charge is 0.309 e. The Morgan fingerprint density at radius 3 is 2.96 bits per heavy atom. The van der Waals surface area contributed by atoms with Gasteiger partial charge >= 0.3 is 0 Å². The number of likely N-dealkylation sites (tertiary alicyclic amines) is 1. The summed E-state index contributed by atoms with van der Waals surface area (Å²) in [5.74, 6) is 1.16. The highest BCUT2D eigenvalue weighted by Crippen LogP contribution is 2.30. The third-order valence-electron chi connectivity index (χ3n) is 5.17. The third kappa shape index (κ3) is 3.09. The van der Waals surface area contributed by atoms with Crippen molar-refractivity contribution in [3.05, 3.63) is 57.9 Å². The van der Waals surface area contributed by atoms with Crippen molar-refractivity contribution in [2.24, 2.45) is 0 Å². The third-order valence-corrected chi connectivity index (χ3v) is 5.17. The number of aryl methyl sites for hydroxylation is 1. The molecule has 130 valence electrons. The molecule has 0 spiro atoms. The molecular formula is C19H23N5O. The molecule has 0 aliphatic carbocycles. The minimum Gasteiger partial charge on any atom is -0.309 e. The Hall–Kier alpha value is -2.47. The first-order valence-electron chi connectivity index (χ1n) is 8.87. The summed E-state index contributed by atoms with van der Waals surface area (Å²) in [5, 5.41) is 8.12. The van der Waals surface area contributed by atoms with E-state index in [4.69, 9.17) is 4.98 Å². The molecule has 2 N–H and O–H groups in total. The van der Waals surface area contributed by atoms with Gasteiger partial charge < -0.3 is 4.98 Å². The summed E-state index contributed by atoms with van der Waals surface area (Å²) in [5.41, 5.74) is 2.92. The summed E-state index contributed by atoms with van der Waals surface area (Å²) in [7, 11) is 0. The van der Waals surface area contributed by atoms with E-state index in [0.717, 1.165) is 48.7 Å². The Balaban J connectivity index is 1.60. The highest BCUT2D eigenvalue weighted by molar-refractivity contribution is 5.77. The van der Waals surface area contributed by atoms with E-state index in [9.17, 15) is 4.79 Å². The van der Waals surface area contributed by atoms with Crippen molar-refractivity contribution in [2.75, 3.05) is 13.1 Å². The molecule has 2 aromatic heterocycles. The highest BCUT2D eigenvalue weighted by Gasteiger charge is 2.27. The van der Waals surface area contributed by atoms with E-state index in [1.165, 1.54) is 0 Å². The second-order valence-corrected chi connectivity index (χ2v) is 6.95. The first-order chi connectivity index (χ1) is 12.1. The minimum atomic E-state index is -0.0658. The molecule has 0 bridgehead atoms.